The van der Waals surface area contributed by atoms with Crippen LogP contribution in [0.15, 0.2) is 41.3 Å². The number of halogens is 2. The molecule has 0 aliphatic carbocycles. The van der Waals surface area contributed by atoms with Gasteiger partial charge >= 0.3 is 6.61 Å². The van der Waals surface area contributed by atoms with E-state index >= 15 is 0 Å². The van der Waals surface area contributed by atoms with Crippen molar-refractivity contribution in [3.63, 3.8) is 0 Å². The minimum Gasteiger partial charge on any atom is -0.493 e. The second-order valence-electron chi connectivity index (χ2n) is 6.10. The lowest BCUT2D eigenvalue weighted by atomic mass is 10.1. The molecule has 2 heterocycles. The third kappa shape index (κ3) is 3.92. The quantitative estimate of drug-likeness (QED) is 0.491. The highest BCUT2D eigenvalue weighted by Gasteiger charge is 2.34. The van der Waals surface area contributed by atoms with Crippen molar-refractivity contribution in [1.82, 2.24) is 0 Å². The minimum absolute atomic E-state index is 0.131. The molecule has 0 saturated carbocycles. The minimum atomic E-state index is -3.04. The highest BCUT2D eigenvalue weighted by atomic mass is 32.2. The third-order valence-corrected chi connectivity index (χ3v) is 5.60. The highest BCUT2D eigenvalue weighted by molar-refractivity contribution is 8.27. The molecule has 0 unspecified atom stereocenters. The van der Waals surface area contributed by atoms with Gasteiger partial charge < -0.3 is 18.9 Å². The summed E-state index contributed by atoms with van der Waals surface area (Å²) in [6.45, 7) is -2.17. The van der Waals surface area contributed by atoms with Crippen LogP contribution in [0.1, 0.15) is 5.56 Å². The number of carbonyl (C=O) groups is 1. The number of para-hydroxylation sites is 1. The van der Waals surface area contributed by atoms with E-state index in [4.69, 9.17) is 26.4 Å². The first-order valence-electron chi connectivity index (χ1n) is 8.77. The molecule has 0 radical (unpaired) electrons. The zero-order chi connectivity index (χ0) is 21.3. The molecule has 4 rings (SSSR count). The van der Waals surface area contributed by atoms with Gasteiger partial charge in [-0.1, -0.05) is 36.1 Å². The number of anilines is 1. The Morgan fingerprint density at radius 2 is 1.97 bits per heavy atom. The number of amides is 1. The fraction of sp³-hybridized carbons (Fsp3) is 0.200. The maximum absolute atomic E-state index is 13.0. The summed E-state index contributed by atoms with van der Waals surface area (Å²) in [7, 11) is 1.35. The standard InChI is InChI=1S/C20H15F2NO5S2/c1-25-14-4-2-3-11(17(14)28-19(21)22)9-16-18(24)23(20(29)30-16)12-5-6-13-15(10-12)27-8-7-26-13/h2-6,9-10,19H,7-8H2,1H3/b16-9+. The van der Waals surface area contributed by atoms with Crippen LogP contribution < -0.4 is 23.8 Å². The molecule has 2 aliphatic rings. The van der Waals surface area contributed by atoms with Gasteiger partial charge in [-0.05, 0) is 24.3 Å². The van der Waals surface area contributed by atoms with Crippen LogP contribution >= 0.6 is 24.0 Å². The summed E-state index contributed by atoms with van der Waals surface area (Å²) in [6.07, 6.45) is 1.46. The van der Waals surface area contributed by atoms with E-state index in [-0.39, 0.29) is 27.9 Å². The normalized spacial score (nSPS) is 17.1. The fourth-order valence-electron chi connectivity index (χ4n) is 3.03. The molecule has 1 fully saturated rings. The zero-order valence-electron chi connectivity index (χ0n) is 15.6. The van der Waals surface area contributed by atoms with Crippen LogP contribution in [0.2, 0.25) is 0 Å². The SMILES string of the molecule is COc1cccc(/C=C2/SC(=S)N(c3ccc4c(c3)OCCO4)C2=O)c1OC(F)F. The van der Waals surface area contributed by atoms with Crippen LogP contribution in [0, 0.1) is 0 Å². The van der Waals surface area contributed by atoms with Crippen molar-refractivity contribution in [2.45, 2.75) is 6.61 Å². The summed E-state index contributed by atoms with van der Waals surface area (Å²) in [5.74, 6) is 0.715. The van der Waals surface area contributed by atoms with Crippen LogP contribution in [-0.4, -0.2) is 37.2 Å². The van der Waals surface area contributed by atoms with E-state index in [1.165, 1.54) is 24.2 Å². The summed E-state index contributed by atoms with van der Waals surface area (Å²) in [4.78, 5) is 14.7. The average molecular weight is 451 g/mol. The number of nitrogens with zero attached hydrogens (tertiary/aromatic N) is 1. The first-order chi connectivity index (χ1) is 14.5. The van der Waals surface area contributed by atoms with Crippen LogP contribution in [-0.2, 0) is 4.79 Å². The summed E-state index contributed by atoms with van der Waals surface area (Å²) >= 11 is 6.44. The molecule has 2 aromatic carbocycles. The summed E-state index contributed by atoms with van der Waals surface area (Å²) < 4.78 is 46.8. The second kappa shape index (κ2) is 8.49. The van der Waals surface area contributed by atoms with E-state index in [0.29, 0.717) is 34.7 Å². The molecular formula is C20H15F2NO5S2. The number of thioether (sulfide) groups is 1. The van der Waals surface area contributed by atoms with E-state index in [9.17, 15) is 13.6 Å². The molecular weight excluding hydrogens is 436 g/mol. The Morgan fingerprint density at radius 1 is 1.20 bits per heavy atom. The Balaban J connectivity index is 1.67. The molecule has 0 N–H and O–H groups in total. The zero-order valence-corrected chi connectivity index (χ0v) is 17.2. The monoisotopic (exact) mass is 451 g/mol. The molecule has 2 aliphatic heterocycles. The van der Waals surface area contributed by atoms with Gasteiger partial charge in [0.1, 0.15) is 13.2 Å². The first kappa shape index (κ1) is 20.4. The lowest BCUT2D eigenvalue weighted by molar-refractivity contribution is -0.113. The number of carbonyl (C=O) groups excluding carboxylic acids is 1. The number of methoxy groups -OCH3 is 1. The van der Waals surface area contributed by atoms with Gasteiger partial charge in [0.05, 0.1) is 17.7 Å². The van der Waals surface area contributed by atoms with Crippen LogP contribution in [0.5, 0.6) is 23.0 Å². The van der Waals surface area contributed by atoms with E-state index in [1.807, 2.05) is 0 Å². The van der Waals surface area contributed by atoms with Crippen molar-refractivity contribution in [1.29, 1.82) is 0 Å². The number of benzene rings is 2. The largest absolute Gasteiger partial charge is 0.493 e. The average Bonchev–Trinajstić information content (AvgIpc) is 3.01. The van der Waals surface area contributed by atoms with Gasteiger partial charge in [0.25, 0.3) is 5.91 Å². The Morgan fingerprint density at radius 3 is 2.70 bits per heavy atom. The lowest BCUT2D eigenvalue weighted by Gasteiger charge is -2.21. The topological polar surface area (TPSA) is 57.2 Å². The number of alkyl halides is 2. The number of hydrogen-bond donors (Lipinski definition) is 0. The maximum atomic E-state index is 13.0. The molecule has 10 heteroatoms. The summed E-state index contributed by atoms with van der Waals surface area (Å²) in [5.41, 5.74) is 0.803. The van der Waals surface area contributed by atoms with Crippen molar-refractivity contribution in [3.8, 4) is 23.0 Å². The number of hydrogen-bond acceptors (Lipinski definition) is 7. The molecule has 1 amide bonds. The van der Waals surface area contributed by atoms with E-state index < -0.39 is 6.61 Å². The lowest BCUT2D eigenvalue weighted by Crippen LogP contribution is -2.27. The van der Waals surface area contributed by atoms with Gasteiger partial charge in [-0.2, -0.15) is 8.78 Å². The third-order valence-electron chi connectivity index (χ3n) is 4.30. The Bertz CT molecular complexity index is 1040. The van der Waals surface area contributed by atoms with Gasteiger partial charge in [0, 0.05) is 11.6 Å². The predicted octanol–water partition coefficient (Wildman–Crippen LogP) is 4.47. The van der Waals surface area contributed by atoms with Gasteiger partial charge in [0.2, 0.25) is 0 Å². The number of ether oxygens (including phenoxy) is 4. The molecule has 0 atom stereocenters. The fourth-order valence-corrected chi connectivity index (χ4v) is 4.31. The van der Waals surface area contributed by atoms with Gasteiger partial charge in [-0.25, -0.2) is 0 Å². The van der Waals surface area contributed by atoms with E-state index in [2.05, 4.69) is 4.74 Å². The number of rotatable bonds is 5. The first-order valence-corrected chi connectivity index (χ1v) is 10.00. The van der Waals surface area contributed by atoms with Crippen molar-refractivity contribution < 1.29 is 32.5 Å². The summed E-state index contributed by atoms with van der Waals surface area (Å²) in [5, 5.41) is 0. The van der Waals surface area contributed by atoms with Crippen molar-refractivity contribution >= 4 is 46.0 Å². The van der Waals surface area contributed by atoms with Gasteiger partial charge in [-0.15, -0.1) is 0 Å². The van der Waals surface area contributed by atoms with Gasteiger partial charge in [-0.3, -0.25) is 9.69 Å². The molecule has 0 aromatic heterocycles. The van der Waals surface area contributed by atoms with Crippen molar-refractivity contribution in [2.24, 2.45) is 0 Å². The molecule has 1 saturated heterocycles. The Kier molecular flexibility index (Phi) is 5.78. The van der Waals surface area contributed by atoms with Gasteiger partial charge in [0.15, 0.2) is 27.3 Å². The molecule has 0 spiro atoms. The molecule has 30 heavy (non-hydrogen) atoms. The molecule has 156 valence electrons. The highest BCUT2D eigenvalue weighted by Crippen LogP contribution is 2.42. The second-order valence-corrected chi connectivity index (χ2v) is 7.78. The van der Waals surface area contributed by atoms with Crippen LogP contribution in [0.25, 0.3) is 6.08 Å². The van der Waals surface area contributed by atoms with Crippen LogP contribution in [0.3, 0.4) is 0 Å². The molecule has 0 bridgehead atoms. The van der Waals surface area contributed by atoms with E-state index in [0.717, 1.165) is 11.8 Å². The maximum Gasteiger partial charge on any atom is 0.387 e. The predicted molar refractivity (Wildman–Crippen MR) is 113 cm³/mol. The Hall–Kier alpha value is -2.85. The number of fused-ring (bicyclic) bond motifs is 1. The van der Waals surface area contributed by atoms with Crippen LogP contribution in [0.4, 0.5) is 14.5 Å². The summed E-state index contributed by atoms with van der Waals surface area (Å²) in [6, 6.07) is 9.76. The Labute approximate surface area is 180 Å². The number of thiocarbonyl (C=S) groups is 1. The van der Waals surface area contributed by atoms with Crippen molar-refractivity contribution in [2.75, 3.05) is 25.2 Å². The smallest absolute Gasteiger partial charge is 0.387 e. The molecule has 6 nitrogen and oxygen atoms in total. The molecule has 2 aromatic rings. The van der Waals surface area contributed by atoms with Crippen molar-refractivity contribution in [3.05, 3.63) is 46.9 Å². The van der Waals surface area contributed by atoms with E-state index in [1.54, 1.807) is 30.3 Å².